The van der Waals surface area contributed by atoms with Crippen molar-refractivity contribution in [1.82, 2.24) is 15.6 Å². The number of urea groups is 1. The highest BCUT2D eigenvalue weighted by molar-refractivity contribution is 5.73. The van der Waals surface area contributed by atoms with Crippen LogP contribution in [-0.4, -0.2) is 37.2 Å². The van der Waals surface area contributed by atoms with Crippen LogP contribution in [0.5, 0.6) is 0 Å². The van der Waals surface area contributed by atoms with Crippen LogP contribution in [0.2, 0.25) is 0 Å². The predicted octanol–water partition coefficient (Wildman–Crippen LogP) is 1.62. The number of carbonyl (C=O) groups excluding carboxylic acids is 1. The first-order valence-electron chi connectivity index (χ1n) is 6.96. The van der Waals surface area contributed by atoms with Gasteiger partial charge in [-0.05, 0) is 37.8 Å². The zero-order valence-electron chi connectivity index (χ0n) is 11.4. The van der Waals surface area contributed by atoms with Crippen LogP contribution in [0.15, 0.2) is 24.5 Å². The molecule has 5 nitrogen and oxygen atoms in total. The molecule has 0 unspecified atom stereocenters. The maximum Gasteiger partial charge on any atom is 0.314 e. The molecule has 1 aromatic rings. The molecular weight excluding hydrogens is 240 g/mol. The molecule has 1 aromatic heterocycles. The summed E-state index contributed by atoms with van der Waals surface area (Å²) < 4.78 is 0. The minimum atomic E-state index is -0.0564. The smallest absolute Gasteiger partial charge is 0.314 e. The number of anilines is 1. The van der Waals surface area contributed by atoms with Crippen LogP contribution in [0.4, 0.5) is 10.5 Å². The van der Waals surface area contributed by atoms with Crippen LogP contribution in [0, 0.1) is 5.92 Å². The number of nitrogens with one attached hydrogen (secondary N) is 2. The Bertz CT molecular complexity index is 388. The summed E-state index contributed by atoms with van der Waals surface area (Å²) >= 11 is 0. The third-order valence-electron chi connectivity index (χ3n) is 3.53. The molecule has 5 heteroatoms. The minimum Gasteiger partial charge on any atom is -0.371 e. The number of piperidine rings is 1. The van der Waals surface area contributed by atoms with E-state index in [4.69, 9.17) is 0 Å². The zero-order chi connectivity index (χ0) is 13.5. The Morgan fingerprint density at radius 3 is 2.63 bits per heavy atom. The molecule has 2 amide bonds. The van der Waals surface area contributed by atoms with E-state index in [1.807, 2.05) is 31.5 Å². The van der Waals surface area contributed by atoms with Gasteiger partial charge in [0.15, 0.2) is 0 Å². The first kappa shape index (κ1) is 13.6. The fourth-order valence-electron chi connectivity index (χ4n) is 2.41. The van der Waals surface area contributed by atoms with Crippen molar-refractivity contribution < 1.29 is 4.79 Å². The van der Waals surface area contributed by atoms with Gasteiger partial charge in [0.1, 0.15) is 0 Å². The fourth-order valence-corrected chi connectivity index (χ4v) is 2.41. The summed E-state index contributed by atoms with van der Waals surface area (Å²) in [6, 6.07) is 4.04. The Labute approximate surface area is 114 Å². The number of rotatable bonds is 4. The summed E-state index contributed by atoms with van der Waals surface area (Å²) in [6.07, 6.45) is 5.90. The van der Waals surface area contributed by atoms with E-state index in [2.05, 4.69) is 20.5 Å². The lowest BCUT2D eigenvalue weighted by Gasteiger charge is -2.33. The van der Waals surface area contributed by atoms with E-state index in [0.29, 0.717) is 12.5 Å². The van der Waals surface area contributed by atoms with Crippen molar-refractivity contribution in [1.29, 1.82) is 0 Å². The van der Waals surface area contributed by atoms with E-state index in [1.165, 1.54) is 5.69 Å². The van der Waals surface area contributed by atoms with Crippen LogP contribution < -0.4 is 15.5 Å². The molecule has 2 heterocycles. The maximum absolute atomic E-state index is 11.3. The Hall–Kier alpha value is -1.78. The highest BCUT2D eigenvalue weighted by atomic mass is 16.2. The number of nitrogens with zero attached hydrogens (tertiary/aromatic N) is 2. The van der Waals surface area contributed by atoms with Crippen LogP contribution in [-0.2, 0) is 0 Å². The second kappa shape index (κ2) is 6.97. The van der Waals surface area contributed by atoms with Gasteiger partial charge in [0.25, 0.3) is 0 Å². The molecule has 0 spiro atoms. The second-order valence-electron chi connectivity index (χ2n) is 4.88. The molecule has 104 valence electrons. The van der Waals surface area contributed by atoms with Gasteiger partial charge in [-0.3, -0.25) is 4.98 Å². The molecule has 1 saturated heterocycles. The van der Waals surface area contributed by atoms with Crippen molar-refractivity contribution in [2.24, 2.45) is 5.92 Å². The van der Waals surface area contributed by atoms with Crippen molar-refractivity contribution in [2.45, 2.75) is 19.8 Å². The second-order valence-corrected chi connectivity index (χ2v) is 4.88. The van der Waals surface area contributed by atoms with E-state index in [9.17, 15) is 4.79 Å². The van der Waals surface area contributed by atoms with E-state index < -0.39 is 0 Å². The molecule has 0 aromatic carbocycles. The third kappa shape index (κ3) is 4.12. The number of amides is 2. The number of hydrogen-bond donors (Lipinski definition) is 2. The van der Waals surface area contributed by atoms with Gasteiger partial charge in [-0.15, -0.1) is 0 Å². The van der Waals surface area contributed by atoms with E-state index in [0.717, 1.165) is 32.5 Å². The van der Waals surface area contributed by atoms with Crippen molar-refractivity contribution in [3.8, 4) is 0 Å². The first-order chi connectivity index (χ1) is 9.29. The quantitative estimate of drug-likeness (QED) is 0.867. The highest BCUT2D eigenvalue weighted by Crippen LogP contribution is 2.22. The molecule has 0 aliphatic carbocycles. The number of pyridine rings is 1. The number of aromatic nitrogens is 1. The lowest BCUT2D eigenvalue weighted by atomic mass is 9.96. The Morgan fingerprint density at radius 1 is 1.32 bits per heavy atom. The summed E-state index contributed by atoms with van der Waals surface area (Å²) in [5.41, 5.74) is 1.24. The first-order valence-corrected chi connectivity index (χ1v) is 6.96. The van der Waals surface area contributed by atoms with Crippen molar-refractivity contribution >= 4 is 11.7 Å². The summed E-state index contributed by atoms with van der Waals surface area (Å²) in [5, 5.41) is 5.68. The lowest BCUT2D eigenvalue weighted by Crippen LogP contribution is -2.41. The molecule has 0 atom stereocenters. The molecule has 1 aliphatic heterocycles. The van der Waals surface area contributed by atoms with Gasteiger partial charge in [0, 0.05) is 44.3 Å². The number of carbonyl (C=O) groups is 1. The summed E-state index contributed by atoms with van der Waals surface area (Å²) in [5.74, 6) is 0.584. The zero-order valence-corrected chi connectivity index (χ0v) is 11.4. The van der Waals surface area contributed by atoms with Gasteiger partial charge >= 0.3 is 6.03 Å². The SMILES string of the molecule is CCNC(=O)NCC1CCN(c2ccncc2)CC1. The average molecular weight is 262 g/mol. The predicted molar refractivity (Wildman–Crippen MR) is 76.2 cm³/mol. The average Bonchev–Trinajstić information content (AvgIpc) is 2.47. The topological polar surface area (TPSA) is 57.3 Å². The van der Waals surface area contributed by atoms with Crippen molar-refractivity contribution in [3.05, 3.63) is 24.5 Å². The summed E-state index contributed by atoms with van der Waals surface area (Å²) in [4.78, 5) is 17.8. The monoisotopic (exact) mass is 262 g/mol. The van der Waals surface area contributed by atoms with Crippen molar-refractivity contribution in [2.75, 3.05) is 31.1 Å². The molecule has 0 radical (unpaired) electrons. The third-order valence-corrected chi connectivity index (χ3v) is 3.53. The van der Waals surface area contributed by atoms with E-state index >= 15 is 0 Å². The van der Waals surface area contributed by atoms with Gasteiger partial charge < -0.3 is 15.5 Å². The van der Waals surface area contributed by atoms with Crippen molar-refractivity contribution in [3.63, 3.8) is 0 Å². The maximum atomic E-state index is 11.3. The van der Waals surface area contributed by atoms with Gasteiger partial charge in [0.05, 0.1) is 0 Å². The number of hydrogen-bond acceptors (Lipinski definition) is 3. The normalized spacial score (nSPS) is 16.2. The molecule has 1 aliphatic rings. The molecule has 2 N–H and O–H groups in total. The summed E-state index contributed by atoms with van der Waals surface area (Å²) in [6.45, 7) is 5.46. The highest BCUT2D eigenvalue weighted by Gasteiger charge is 2.19. The lowest BCUT2D eigenvalue weighted by molar-refractivity contribution is 0.238. The molecule has 1 fully saturated rings. The van der Waals surface area contributed by atoms with Crippen LogP contribution in [0.3, 0.4) is 0 Å². The van der Waals surface area contributed by atoms with E-state index in [1.54, 1.807) is 0 Å². The van der Waals surface area contributed by atoms with Crippen LogP contribution >= 0.6 is 0 Å². The van der Waals surface area contributed by atoms with E-state index in [-0.39, 0.29) is 6.03 Å². The fraction of sp³-hybridized carbons (Fsp3) is 0.571. The van der Waals surface area contributed by atoms with Crippen LogP contribution in [0.1, 0.15) is 19.8 Å². The van der Waals surface area contributed by atoms with Gasteiger partial charge in [-0.2, -0.15) is 0 Å². The Morgan fingerprint density at radius 2 is 2.00 bits per heavy atom. The Balaban J connectivity index is 1.72. The minimum absolute atomic E-state index is 0.0564. The largest absolute Gasteiger partial charge is 0.371 e. The van der Waals surface area contributed by atoms with Gasteiger partial charge in [-0.1, -0.05) is 0 Å². The standard InChI is InChI=1S/C14H22N4O/c1-2-16-14(19)17-11-12-5-9-18(10-6-12)13-3-7-15-8-4-13/h3-4,7-8,12H,2,5-6,9-11H2,1H3,(H2,16,17,19). The summed E-state index contributed by atoms with van der Waals surface area (Å²) in [7, 11) is 0. The molecule has 2 rings (SSSR count). The Kier molecular flexibility index (Phi) is 5.01. The van der Waals surface area contributed by atoms with Crippen LogP contribution in [0.25, 0.3) is 0 Å². The molecule has 19 heavy (non-hydrogen) atoms. The molecule has 0 bridgehead atoms. The van der Waals surface area contributed by atoms with Gasteiger partial charge in [0.2, 0.25) is 0 Å². The van der Waals surface area contributed by atoms with Gasteiger partial charge in [-0.25, -0.2) is 4.79 Å². The molecular formula is C14H22N4O. The molecule has 0 saturated carbocycles.